The zero-order valence-corrected chi connectivity index (χ0v) is 16.8. The quantitative estimate of drug-likeness (QED) is 0.501. The second-order valence-corrected chi connectivity index (χ2v) is 7.53. The molecule has 1 amide bonds. The first kappa shape index (κ1) is 19.3. The number of fused-ring (bicyclic) bond motifs is 2. The van der Waals surface area contributed by atoms with Crippen LogP contribution in [0.25, 0.3) is 16.7 Å². The van der Waals surface area contributed by atoms with Crippen LogP contribution in [0.4, 0.5) is 5.82 Å². The smallest absolute Gasteiger partial charge is 0.278 e. The third-order valence-electron chi connectivity index (χ3n) is 5.30. The number of ether oxygens (including phenoxy) is 1. The summed E-state index contributed by atoms with van der Waals surface area (Å²) in [6.07, 6.45) is 4.51. The molecule has 152 valence electrons. The van der Waals surface area contributed by atoms with E-state index in [4.69, 9.17) is 10.5 Å². The molecule has 0 radical (unpaired) electrons. The highest BCUT2D eigenvalue weighted by Gasteiger charge is 2.25. The Balaban J connectivity index is 1.85. The van der Waals surface area contributed by atoms with Gasteiger partial charge in [-0.15, -0.1) is 0 Å². The van der Waals surface area contributed by atoms with Gasteiger partial charge in [0.05, 0.1) is 12.6 Å². The highest BCUT2D eigenvalue weighted by atomic mass is 16.5. The summed E-state index contributed by atoms with van der Waals surface area (Å²) in [6.45, 7) is 5.64. The zero-order valence-electron chi connectivity index (χ0n) is 16.8. The van der Waals surface area contributed by atoms with Gasteiger partial charge < -0.3 is 15.8 Å². The van der Waals surface area contributed by atoms with Crippen molar-refractivity contribution < 1.29 is 14.1 Å². The maximum Gasteiger partial charge on any atom is 0.278 e. The summed E-state index contributed by atoms with van der Waals surface area (Å²) < 4.78 is 8.84. The Morgan fingerprint density at radius 3 is 3.00 bits per heavy atom. The second kappa shape index (κ2) is 7.79. The number of carbonyl (C=O) groups is 1. The first-order valence-corrected chi connectivity index (χ1v) is 10.0. The number of nitrogens with one attached hydrogen (secondary N) is 1. The van der Waals surface area contributed by atoms with Gasteiger partial charge in [-0.05, 0) is 43.9 Å². The number of nitrogens with zero attached hydrogens (tertiary/aromatic N) is 3. The Kier molecular flexibility index (Phi) is 5.19. The first-order valence-electron chi connectivity index (χ1n) is 10.0. The standard InChI is InChI=1S/C21H25N5O3/c1-3-8-25-18(22)15(20(27)23-11-14-5-4-9-29-14)10-16-19(25)24-17-7-6-13(2)12-26(17)21(16)28/h6-7,10,12,14,22H,3-5,8-9,11H2,1-2H3,(H,23,27)/p+1/t14-/m1/s1. The van der Waals surface area contributed by atoms with Gasteiger partial charge in [0.2, 0.25) is 11.5 Å². The van der Waals surface area contributed by atoms with E-state index < -0.39 is 0 Å². The second-order valence-electron chi connectivity index (χ2n) is 7.53. The lowest BCUT2D eigenvalue weighted by atomic mass is 10.1. The van der Waals surface area contributed by atoms with E-state index in [0.717, 1.165) is 31.4 Å². The van der Waals surface area contributed by atoms with Crippen molar-refractivity contribution in [2.24, 2.45) is 0 Å². The van der Waals surface area contributed by atoms with Gasteiger partial charge in [-0.2, -0.15) is 0 Å². The number of aromatic nitrogens is 3. The van der Waals surface area contributed by atoms with Gasteiger partial charge in [0.1, 0.15) is 10.9 Å². The van der Waals surface area contributed by atoms with Crippen molar-refractivity contribution in [2.45, 2.75) is 45.8 Å². The van der Waals surface area contributed by atoms with E-state index in [-0.39, 0.29) is 23.1 Å². The molecule has 3 N–H and O–H groups in total. The van der Waals surface area contributed by atoms with Crippen LogP contribution in [0.5, 0.6) is 0 Å². The fraction of sp³-hybridized carbons (Fsp3) is 0.429. The number of hydrogen-bond donors (Lipinski definition) is 2. The number of nitrogens with two attached hydrogens (primary N) is 1. The maximum absolute atomic E-state index is 13.2. The van der Waals surface area contributed by atoms with Gasteiger partial charge in [0.25, 0.3) is 17.1 Å². The van der Waals surface area contributed by atoms with E-state index in [9.17, 15) is 9.59 Å². The normalized spacial score (nSPS) is 16.6. The lowest BCUT2D eigenvalue weighted by Gasteiger charge is -2.13. The number of carbonyl (C=O) groups excluding carboxylic acids is 1. The number of amides is 1. The number of rotatable bonds is 5. The lowest BCUT2D eigenvalue weighted by Crippen LogP contribution is -2.43. The van der Waals surface area contributed by atoms with Crippen molar-refractivity contribution >= 4 is 28.4 Å². The molecule has 1 aliphatic rings. The SMILES string of the molecule is CCC[n+]1c(N)c(C(=O)NC[C@H]2CCCO2)cc2c(=O)n3cc(C)ccc3nc21. The molecule has 29 heavy (non-hydrogen) atoms. The van der Waals surface area contributed by atoms with E-state index in [1.165, 1.54) is 4.40 Å². The molecule has 8 heteroatoms. The molecule has 0 spiro atoms. The topological polar surface area (TPSA) is 103 Å². The van der Waals surface area contributed by atoms with Crippen LogP contribution in [-0.2, 0) is 11.3 Å². The molecular weight excluding hydrogens is 370 g/mol. The van der Waals surface area contributed by atoms with E-state index in [1.807, 2.05) is 26.0 Å². The summed E-state index contributed by atoms with van der Waals surface area (Å²) in [5.74, 6) is 0.00560. The highest BCUT2D eigenvalue weighted by Crippen LogP contribution is 2.16. The minimum atomic E-state index is -0.307. The largest absolute Gasteiger partial charge is 0.376 e. The Bertz CT molecular complexity index is 1150. The minimum absolute atomic E-state index is 0.0302. The van der Waals surface area contributed by atoms with Crippen LogP contribution in [-0.4, -0.2) is 34.5 Å². The fourth-order valence-electron chi connectivity index (χ4n) is 3.80. The molecule has 0 aliphatic carbocycles. The Morgan fingerprint density at radius 1 is 1.45 bits per heavy atom. The van der Waals surface area contributed by atoms with E-state index in [0.29, 0.717) is 35.6 Å². The summed E-state index contributed by atoms with van der Waals surface area (Å²) in [5, 5.41) is 3.27. The molecule has 8 nitrogen and oxygen atoms in total. The Hall–Kier alpha value is -3.00. The fourth-order valence-corrected chi connectivity index (χ4v) is 3.80. The molecule has 4 rings (SSSR count). The molecule has 3 aromatic rings. The van der Waals surface area contributed by atoms with Crippen LogP contribution in [0.1, 0.15) is 42.1 Å². The van der Waals surface area contributed by atoms with E-state index >= 15 is 0 Å². The molecule has 0 aromatic carbocycles. The summed E-state index contributed by atoms with van der Waals surface area (Å²) >= 11 is 0. The predicted octanol–water partition coefficient (Wildman–Crippen LogP) is 1.34. The van der Waals surface area contributed by atoms with Crippen LogP contribution >= 0.6 is 0 Å². The third-order valence-corrected chi connectivity index (χ3v) is 5.30. The van der Waals surface area contributed by atoms with E-state index in [2.05, 4.69) is 10.3 Å². The van der Waals surface area contributed by atoms with Gasteiger partial charge in [0, 0.05) is 19.3 Å². The molecular formula is C21H26N5O3+. The van der Waals surface area contributed by atoms with Gasteiger partial charge >= 0.3 is 0 Å². The van der Waals surface area contributed by atoms with Crippen LogP contribution in [0.15, 0.2) is 29.2 Å². The molecule has 0 unspecified atom stereocenters. The molecule has 0 saturated carbocycles. The molecule has 1 atom stereocenters. The molecule has 1 fully saturated rings. The molecule has 4 heterocycles. The number of pyridine rings is 2. The van der Waals surface area contributed by atoms with E-state index in [1.54, 1.807) is 16.8 Å². The molecule has 1 saturated heterocycles. The predicted molar refractivity (Wildman–Crippen MR) is 110 cm³/mol. The van der Waals surface area contributed by atoms with Gasteiger partial charge in [0.15, 0.2) is 0 Å². The summed E-state index contributed by atoms with van der Waals surface area (Å²) in [4.78, 5) is 30.7. The third kappa shape index (κ3) is 3.55. The highest BCUT2D eigenvalue weighted by molar-refractivity contribution is 6.00. The lowest BCUT2D eigenvalue weighted by molar-refractivity contribution is -0.658. The number of nitrogen functional groups attached to an aromatic ring is 1. The van der Waals surface area contributed by atoms with Crippen molar-refractivity contribution in [3.63, 3.8) is 0 Å². The van der Waals surface area contributed by atoms with Crippen LogP contribution in [0.2, 0.25) is 0 Å². The average molecular weight is 396 g/mol. The number of hydrogen-bond acceptors (Lipinski definition) is 5. The monoisotopic (exact) mass is 396 g/mol. The summed E-state index contributed by atoms with van der Waals surface area (Å²) in [7, 11) is 0. The van der Waals surface area contributed by atoms with Crippen LogP contribution in [0.3, 0.4) is 0 Å². The molecule has 0 bridgehead atoms. The molecule has 3 aromatic heterocycles. The Labute approximate surface area is 168 Å². The van der Waals surface area contributed by atoms with Crippen molar-refractivity contribution in [2.75, 3.05) is 18.9 Å². The van der Waals surface area contributed by atoms with Crippen molar-refractivity contribution in [1.82, 2.24) is 14.7 Å². The van der Waals surface area contributed by atoms with Crippen molar-refractivity contribution in [3.05, 3.63) is 45.9 Å². The van der Waals surface area contributed by atoms with Crippen LogP contribution in [0, 0.1) is 6.92 Å². The summed E-state index contributed by atoms with van der Waals surface area (Å²) in [5.41, 5.74) is 8.43. The summed E-state index contributed by atoms with van der Waals surface area (Å²) in [6, 6.07) is 5.28. The molecule has 1 aliphatic heterocycles. The number of aryl methyl sites for hydroxylation is 2. The first-order chi connectivity index (χ1) is 14.0. The average Bonchev–Trinajstić information content (AvgIpc) is 3.23. The van der Waals surface area contributed by atoms with Crippen molar-refractivity contribution in [1.29, 1.82) is 0 Å². The van der Waals surface area contributed by atoms with Gasteiger partial charge in [-0.1, -0.05) is 18.0 Å². The Morgan fingerprint density at radius 2 is 2.28 bits per heavy atom. The maximum atomic E-state index is 13.2. The minimum Gasteiger partial charge on any atom is -0.376 e. The van der Waals surface area contributed by atoms with Gasteiger partial charge in [-0.3, -0.25) is 14.0 Å². The number of anilines is 1. The zero-order chi connectivity index (χ0) is 20.5. The van der Waals surface area contributed by atoms with Crippen molar-refractivity contribution in [3.8, 4) is 0 Å². The van der Waals surface area contributed by atoms with Gasteiger partial charge in [-0.25, -0.2) is 4.57 Å². The van der Waals surface area contributed by atoms with Crippen LogP contribution < -0.4 is 21.2 Å².